The van der Waals surface area contributed by atoms with Crippen molar-refractivity contribution in [3.8, 4) is 11.4 Å². The zero-order chi connectivity index (χ0) is 31.3. The molecule has 0 aliphatic rings. The molecule has 228 valence electrons. The van der Waals surface area contributed by atoms with E-state index in [0.29, 0.717) is 31.0 Å². The molecule has 8 nitrogen and oxygen atoms in total. The first kappa shape index (κ1) is 31.1. The molecule has 0 aliphatic heterocycles. The van der Waals surface area contributed by atoms with Crippen LogP contribution in [0.3, 0.4) is 0 Å². The van der Waals surface area contributed by atoms with E-state index in [0.717, 1.165) is 35.4 Å². The van der Waals surface area contributed by atoms with Gasteiger partial charge < -0.3 is 0 Å². The van der Waals surface area contributed by atoms with Crippen molar-refractivity contribution in [2.24, 2.45) is 0 Å². The van der Waals surface area contributed by atoms with Crippen LogP contribution in [0.25, 0.3) is 11.4 Å². The van der Waals surface area contributed by atoms with E-state index >= 15 is 0 Å². The normalized spacial score (nSPS) is 12.0. The SMILES string of the molecule is CCn1c(CCCc2ccc(-c3nccc(CS(=O)(=O)c4ccccc4)n3)cc2)nn(Cc2ccc(C(C)(C)C)cc2)c1=O. The molecule has 0 saturated carbocycles. The Labute approximate surface area is 259 Å². The van der Waals surface area contributed by atoms with Crippen molar-refractivity contribution in [3.05, 3.63) is 130 Å². The van der Waals surface area contributed by atoms with Crippen LogP contribution in [0.4, 0.5) is 0 Å². The van der Waals surface area contributed by atoms with Gasteiger partial charge in [-0.3, -0.25) is 4.57 Å². The molecule has 0 bridgehead atoms. The van der Waals surface area contributed by atoms with Gasteiger partial charge in [-0.1, -0.05) is 87.5 Å². The molecule has 0 saturated heterocycles. The smallest absolute Gasteiger partial charge is 0.279 e. The van der Waals surface area contributed by atoms with Crippen molar-refractivity contribution in [1.29, 1.82) is 0 Å². The van der Waals surface area contributed by atoms with Crippen molar-refractivity contribution >= 4 is 9.84 Å². The van der Waals surface area contributed by atoms with E-state index < -0.39 is 9.84 Å². The van der Waals surface area contributed by atoms with E-state index in [-0.39, 0.29) is 21.8 Å². The van der Waals surface area contributed by atoms with Gasteiger partial charge in [0.1, 0.15) is 5.82 Å². The average Bonchev–Trinajstić information content (AvgIpc) is 3.31. The summed E-state index contributed by atoms with van der Waals surface area (Å²) in [5.74, 6) is 1.10. The van der Waals surface area contributed by atoms with Gasteiger partial charge in [0.2, 0.25) is 0 Å². The lowest BCUT2D eigenvalue weighted by molar-refractivity contribution is 0.588. The van der Waals surface area contributed by atoms with Crippen molar-refractivity contribution < 1.29 is 8.42 Å². The highest BCUT2D eigenvalue weighted by molar-refractivity contribution is 7.90. The van der Waals surface area contributed by atoms with Crippen molar-refractivity contribution in [2.45, 2.75) is 76.1 Å². The number of nitrogens with zero attached hydrogens (tertiary/aromatic N) is 5. The van der Waals surface area contributed by atoms with Crippen LogP contribution in [-0.4, -0.2) is 32.7 Å². The fourth-order valence-electron chi connectivity index (χ4n) is 5.17. The van der Waals surface area contributed by atoms with Gasteiger partial charge >= 0.3 is 5.69 Å². The van der Waals surface area contributed by atoms with Crippen molar-refractivity contribution in [3.63, 3.8) is 0 Å². The van der Waals surface area contributed by atoms with E-state index in [1.54, 1.807) is 51.8 Å². The molecule has 0 fully saturated rings. The van der Waals surface area contributed by atoms with Crippen LogP contribution in [-0.2, 0) is 46.9 Å². The Morgan fingerprint density at radius 2 is 1.50 bits per heavy atom. The summed E-state index contributed by atoms with van der Waals surface area (Å²) in [5, 5.41) is 4.69. The Kier molecular flexibility index (Phi) is 9.25. The topological polar surface area (TPSA) is 99.7 Å². The number of benzene rings is 3. The first-order valence-corrected chi connectivity index (χ1v) is 16.6. The monoisotopic (exact) mass is 609 g/mol. The summed E-state index contributed by atoms with van der Waals surface area (Å²) < 4.78 is 28.9. The molecular formula is C35H39N5O3S. The summed E-state index contributed by atoms with van der Waals surface area (Å²) in [6, 6.07) is 26.4. The van der Waals surface area contributed by atoms with Crippen molar-refractivity contribution in [2.75, 3.05) is 0 Å². The van der Waals surface area contributed by atoms with Crippen LogP contribution in [0.1, 0.15) is 62.3 Å². The number of sulfone groups is 1. The quantitative estimate of drug-likeness (QED) is 0.182. The van der Waals surface area contributed by atoms with Gasteiger partial charge in [-0.2, -0.15) is 5.10 Å². The van der Waals surface area contributed by atoms with Crippen LogP contribution >= 0.6 is 0 Å². The van der Waals surface area contributed by atoms with Gasteiger partial charge in [0.05, 0.1) is 22.9 Å². The van der Waals surface area contributed by atoms with Crippen LogP contribution in [0.5, 0.6) is 0 Å². The third kappa shape index (κ3) is 7.39. The third-order valence-electron chi connectivity index (χ3n) is 7.70. The summed E-state index contributed by atoms with van der Waals surface area (Å²) in [4.78, 5) is 22.2. The minimum Gasteiger partial charge on any atom is -0.279 e. The fraction of sp³-hybridized carbons (Fsp3) is 0.314. The van der Waals surface area contributed by atoms with Gasteiger partial charge in [-0.25, -0.2) is 27.9 Å². The maximum absolute atomic E-state index is 13.0. The molecule has 0 unspecified atom stereocenters. The van der Waals surface area contributed by atoms with Gasteiger partial charge in [0.25, 0.3) is 0 Å². The molecule has 0 radical (unpaired) electrons. The molecule has 5 aromatic rings. The Morgan fingerprint density at radius 1 is 0.818 bits per heavy atom. The highest BCUT2D eigenvalue weighted by atomic mass is 32.2. The Hall–Kier alpha value is -4.37. The lowest BCUT2D eigenvalue weighted by atomic mass is 9.87. The second kappa shape index (κ2) is 13.1. The van der Waals surface area contributed by atoms with E-state index in [2.05, 4.69) is 55.0 Å². The highest BCUT2D eigenvalue weighted by Crippen LogP contribution is 2.23. The molecule has 2 heterocycles. The molecule has 0 N–H and O–H groups in total. The van der Waals surface area contributed by atoms with Crippen LogP contribution in [0.15, 0.2) is 101 Å². The number of hydrogen-bond acceptors (Lipinski definition) is 6. The summed E-state index contributed by atoms with van der Waals surface area (Å²) in [6.07, 6.45) is 3.97. The second-order valence-corrected chi connectivity index (χ2v) is 14.0. The van der Waals surface area contributed by atoms with Crippen molar-refractivity contribution in [1.82, 2.24) is 24.3 Å². The highest BCUT2D eigenvalue weighted by Gasteiger charge is 2.17. The molecule has 9 heteroatoms. The maximum Gasteiger partial charge on any atom is 0.346 e. The van der Waals surface area contributed by atoms with Crippen LogP contribution in [0.2, 0.25) is 0 Å². The van der Waals surface area contributed by atoms with Gasteiger partial charge in [0.15, 0.2) is 15.7 Å². The number of aromatic nitrogens is 5. The summed E-state index contributed by atoms with van der Waals surface area (Å²) in [5.41, 5.74) is 4.75. The molecule has 44 heavy (non-hydrogen) atoms. The van der Waals surface area contributed by atoms with Gasteiger partial charge in [-0.05, 0) is 60.1 Å². The largest absolute Gasteiger partial charge is 0.346 e. The predicted molar refractivity (Wildman–Crippen MR) is 173 cm³/mol. The summed E-state index contributed by atoms with van der Waals surface area (Å²) in [7, 11) is -3.50. The predicted octanol–water partition coefficient (Wildman–Crippen LogP) is 6.02. The zero-order valence-corrected chi connectivity index (χ0v) is 26.6. The second-order valence-electron chi connectivity index (χ2n) is 12.0. The molecule has 0 amide bonds. The lowest BCUT2D eigenvalue weighted by Gasteiger charge is -2.19. The molecule has 0 atom stereocenters. The Morgan fingerprint density at radius 3 is 2.16 bits per heavy atom. The first-order chi connectivity index (χ1) is 21.0. The summed E-state index contributed by atoms with van der Waals surface area (Å²) in [6.45, 7) is 9.57. The third-order valence-corrected chi connectivity index (χ3v) is 9.37. The molecule has 2 aromatic heterocycles. The molecular weight excluding hydrogens is 570 g/mol. The zero-order valence-electron chi connectivity index (χ0n) is 25.8. The number of hydrogen-bond donors (Lipinski definition) is 0. The minimum atomic E-state index is -3.50. The molecule has 0 aliphatic carbocycles. The van der Waals surface area contributed by atoms with Crippen LogP contribution < -0.4 is 5.69 Å². The fourth-order valence-corrected chi connectivity index (χ4v) is 6.46. The molecule has 5 rings (SSSR count). The number of aryl methyl sites for hydroxylation is 2. The van der Waals surface area contributed by atoms with Crippen LogP contribution in [0, 0.1) is 0 Å². The first-order valence-electron chi connectivity index (χ1n) is 15.0. The van der Waals surface area contributed by atoms with E-state index in [1.807, 2.05) is 31.2 Å². The Balaban J connectivity index is 1.20. The summed E-state index contributed by atoms with van der Waals surface area (Å²) >= 11 is 0. The molecule has 0 spiro atoms. The number of rotatable bonds is 11. The Bertz CT molecular complexity index is 1870. The standard InChI is InChI=1S/C35H39N5O3S/c1-5-39-32(38-40(34(39)41)24-27-16-20-29(21-17-27)35(2,3)4)13-9-10-26-14-18-28(19-15-26)33-36-23-22-30(37-33)25-44(42,43)31-11-7-6-8-12-31/h6-8,11-12,14-23H,5,9-10,13,24-25H2,1-4H3. The lowest BCUT2D eigenvalue weighted by Crippen LogP contribution is -2.25. The van der Waals surface area contributed by atoms with E-state index in [9.17, 15) is 13.2 Å². The van der Waals surface area contributed by atoms with E-state index in [4.69, 9.17) is 5.10 Å². The van der Waals surface area contributed by atoms with Gasteiger partial charge in [-0.15, -0.1) is 0 Å². The minimum absolute atomic E-state index is 0.0782. The molecule has 3 aromatic carbocycles. The maximum atomic E-state index is 13.0. The van der Waals surface area contributed by atoms with E-state index in [1.165, 1.54) is 5.56 Å². The van der Waals surface area contributed by atoms with Gasteiger partial charge in [0, 0.05) is 24.7 Å². The average molecular weight is 610 g/mol.